The number of urea groups is 1. The van der Waals surface area contributed by atoms with E-state index in [2.05, 4.69) is 5.32 Å². The molecule has 0 saturated carbocycles. The molecule has 18 heavy (non-hydrogen) atoms. The first-order valence-corrected chi connectivity index (χ1v) is 6.42. The Kier molecular flexibility index (Phi) is 3.81. The molecule has 96 valence electrons. The van der Waals surface area contributed by atoms with E-state index >= 15 is 0 Å². The lowest BCUT2D eigenvalue weighted by Crippen LogP contribution is -2.44. The first-order chi connectivity index (χ1) is 8.58. The van der Waals surface area contributed by atoms with Crippen LogP contribution in [0.25, 0.3) is 0 Å². The van der Waals surface area contributed by atoms with E-state index in [1.165, 1.54) is 0 Å². The molecule has 5 heteroatoms. The molecule has 1 aromatic rings. The zero-order chi connectivity index (χ0) is 13.1. The summed E-state index contributed by atoms with van der Waals surface area (Å²) < 4.78 is 0. The van der Waals surface area contributed by atoms with Gasteiger partial charge in [-0.25, -0.2) is 4.79 Å². The second kappa shape index (κ2) is 5.35. The van der Waals surface area contributed by atoms with E-state index < -0.39 is 0 Å². The fourth-order valence-corrected chi connectivity index (χ4v) is 2.47. The standard InChI is InChI=1S/C13H17N3OS/c1-9-4-2-5-10(8-9)15-13(17)16-7-3-6-11(16)12(14)18/h2,4-5,8,11H,3,6-7H2,1H3,(H2,14,18)(H,15,17). The van der Waals surface area contributed by atoms with Crippen molar-refractivity contribution in [3.05, 3.63) is 29.8 Å². The van der Waals surface area contributed by atoms with E-state index in [0.717, 1.165) is 24.1 Å². The van der Waals surface area contributed by atoms with Gasteiger partial charge in [-0.05, 0) is 37.5 Å². The largest absolute Gasteiger partial charge is 0.392 e. The summed E-state index contributed by atoms with van der Waals surface area (Å²) in [4.78, 5) is 14.2. The van der Waals surface area contributed by atoms with Crippen molar-refractivity contribution in [3.63, 3.8) is 0 Å². The van der Waals surface area contributed by atoms with Gasteiger partial charge >= 0.3 is 6.03 Å². The Hall–Kier alpha value is -1.62. The molecule has 1 atom stereocenters. The lowest BCUT2D eigenvalue weighted by molar-refractivity contribution is 0.217. The van der Waals surface area contributed by atoms with Crippen LogP contribution >= 0.6 is 12.2 Å². The summed E-state index contributed by atoms with van der Waals surface area (Å²) in [6.07, 6.45) is 1.81. The molecule has 1 heterocycles. The smallest absolute Gasteiger partial charge is 0.322 e. The van der Waals surface area contributed by atoms with Crippen molar-refractivity contribution < 1.29 is 4.79 Å². The molecule has 0 radical (unpaired) electrons. The number of hydrogen-bond acceptors (Lipinski definition) is 2. The molecule has 1 aliphatic rings. The van der Waals surface area contributed by atoms with Crippen LogP contribution in [0.1, 0.15) is 18.4 Å². The van der Waals surface area contributed by atoms with Gasteiger partial charge in [0.15, 0.2) is 0 Å². The summed E-state index contributed by atoms with van der Waals surface area (Å²) in [5.74, 6) is 0. The average Bonchev–Trinajstić information content (AvgIpc) is 2.77. The number of hydrogen-bond donors (Lipinski definition) is 2. The fourth-order valence-electron chi connectivity index (χ4n) is 2.22. The van der Waals surface area contributed by atoms with Gasteiger partial charge in [-0.3, -0.25) is 0 Å². The van der Waals surface area contributed by atoms with E-state index in [0.29, 0.717) is 11.5 Å². The Bertz CT molecular complexity index is 475. The Balaban J connectivity index is 2.06. The number of nitrogens with one attached hydrogen (secondary N) is 1. The molecule has 0 aliphatic carbocycles. The van der Waals surface area contributed by atoms with E-state index in [4.69, 9.17) is 18.0 Å². The number of anilines is 1. The first kappa shape index (κ1) is 12.8. The lowest BCUT2D eigenvalue weighted by Gasteiger charge is -2.24. The lowest BCUT2D eigenvalue weighted by atomic mass is 10.2. The number of nitrogens with two attached hydrogens (primary N) is 1. The van der Waals surface area contributed by atoms with Crippen LogP contribution < -0.4 is 11.1 Å². The summed E-state index contributed by atoms with van der Waals surface area (Å²) in [7, 11) is 0. The Labute approximate surface area is 112 Å². The second-order valence-electron chi connectivity index (χ2n) is 4.55. The van der Waals surface area contributed by atoms with E-state index in [1.54, 1.807) is 4.90 Å². The quantitative estimate of drug-likeness (QED) is 0.805. The van der Waals surface area contributed by atoms with Crippen molar-refractivity contribution in [3.8, 4) is 0 Å². The summed E-state index contributed by atoms with van der Waals surface area (Å²) in [5, 5.41) is 2.88. The monoisotopic (exact) mass is 263 g/mol. The molecule has 1 unspecified atom stereocenters. The van der Waals surface area contributed by atoms with Crippen LogP contribution in [-0.2, 0) is 0 Å². The second-order valence-corrected chi connectivity index (χ2v) is 5.02. The van der Waals surface area contributed by atoms with Crippen LogP contribution in [-0.4, -0.2) is 28.5 Å². The van der Waals surface area contributed by atoms with Gasteiger partial charge in [-0.2, -0.15) is 0 Å². The zero-order valence-corrected chi connectivity index (χ0v) is 11.2. The minimum atomic E-state index is -0.129. The molecular formula is C13H17N3OS. The third-order valence-corrected chi connectivity index (χ3v) is 3.38. The maximum atomic E-state index is 12.1. The molecule has 0 aromatic heterocycles. The Morgan fingerprint density at radius 3 is 3.00 bits per heavy atom. The number of carbonyl (C=O) groups excluding carboxylic acids is 1. The predicted octanol–water partition coefficient (Wildman–Crippen LogP) is 2.28. The van der Waals surface area contributed by atoms with Crippen molar-refractivity contribution in [2.75, 3.05) is 11.9 Å². The summed E-state index contributed by atoms with van der Waals surface area (Å²) >= 11 is 4.99. The maximum absolute atomic E-state index is 12.1. The normalized spacial score (nSPS) is 18.7. The van der Waals surface area contributed by atoms with Crippen molar-refractivity contribution in [1.29, 1.82) is 0 Å². The molecule has 0 bridgehead atoms. The highest BCUT2D eigenvalue weighted by atomic mass is 32.1. The van der Waals surface area contributed by atoms with Crippen molar-refractivity contribution in [2.24, 2.45) is 5.73 Å². The molecular weight excluding hydrogens is 246 g/mol. The first-order valence-electron chi connectivity index (χ1n) is 6.01. The number of amides is 2. The van der Waals surface area contributed by atoms with Gasteiger partial charge in [-0.15, -0.1) is 0 Å². The third-order valence-electron chi connectivity index (χ3n) is 3.11. The van der Waals surface area contributed by atoms with Crippen LogP contribution in [0.15, 0.2) is 24.3 Å². The molecule has 1 saturated heterocycles. The highest BCUT2D eigenvalue weighted by molar-refractivity contribution is 7.80. The van der Waals surface area contributed by atoms with Crippen LogP contribution in [0, 0.1) is 6.92 Å². The molecule has 0 spiro atoms. The number of benzene rings is 1. The summed E-state index contributed by atoms with van der Waals surface area (Å²) in [6, 6.07) is 7.48. The number of carbonyl (C=O) groups is 1. The summed E-state index contributed by atoms with van der Waals surface area (Å²) in [6.45, 7) is 2.70. The van der Waals surface area contributed by atoms with E-state index in [-0.39, 0.29) is 12.1 Å². The molecule has 2 rings (SSSR count). The summed E-state index contributed by atoms with van der Waals surface area (Å²) in [5.41, 5.74) is 7.56. The van der Waals surface area contributed by atoms with Gasteiger partial charge in [0.25, 0.3) is 0 Å². The van der Waals surface area contributed by atoms with Crippen molar-refractivity contribution >= 4 is 28.9 Å². The van der Waals surface area contributed by atoms with E-state index in [9.17, 15) is 4.79 Å². The number of aryl methyl sites for hydroxylation is 1. The third kappa shape index (κ3) is 2.79. The zero-order valence-electron chi connectivity index (χ0n) is 10.3. The minimum Gasteiger partial charge on any atom is -0.392 e. The van der Waals surface area contributed by atoms with Gasteiger partial charge in [0, 0.05) is 12.2 Å². The van der Waals surface area contributed by atoms with Gasteiger partial charge in [-0.1, -0.05) is 24.4 Å². The highest BCUT2D eigenvalue weighted by Gasteiger charge is 2.30. The molecule has 3 N–H and O–H groups in total. The van der Waals surface area contributed by atoms with Gasteiger partial charge in [0.1, 0.15) is 0 Å². The number of likely N-dealkylation sites (tertiary alicyclic amines) is 1. The molecule has 2 amide bonds. The number of thiocarbonyl (C=S) groups is 1. The van der Waals surface area contributed by atoms with E-state index in [1.807, 2.05) is 31.2 Å². The van der Waals surface area contributed by atoms with Crippen LogP contribution in [0.3, 0.4) is 0 Å². The molecule has 1 fully saturated rings. The maximum Gasteiger partial charge on any atom is 0.322 e. The molecule has 4 nitrogen and oxygen atoms in total. The minimum absolute atomic E-state index is 0.107. The highest BCUT2D eigenvalue weighted by Crippen LogP contribution is 2.19. The molecule has 1 aliphatic heterocycles. The predicted molar refractivity (Wildman–Crippen MR) is 76.7 cm³/mol. The average molecular weight is 263 g/mol. The Morgan fingerprint density at radius 1 is 1.56 bits per heavy atom. The van der Waals surface area contributed by atoms with Crippen molar-refractivity contribution in [2.45, 2.75) is 25.8 Å². The van der Waals surface area contributed by atoms with Gasteiger partial charge in [0.05, 0.1) is 11.0 Å². The van der Waals surface area contributed by atoms with Crippen LogP contribution in [0.4, 0.5) is 10.5 Å². The Morgan fingerprint density at radius 2 is 2.33 bits per heavy atom. The van der Waals surface area contributed by atoms with Crippen LogP contribution in [0.2, 0.25) is 0 Å². The molecule has 1 aromatic carbocycles. The van der Waals surface area contributed by atoms with Gasteiger partial charge in [0.2, 0.25) is 0 Å². The SMILES string of the molecule is Cc1cccc(NC(=O)N2CCCC2C(N)=S)c1. The number of nitrogens with zero attached hydrogens (tertiary/aromatic N) is 1. The fraction of sp³-hybridized carbons (Fsp3) is 0.385. The van der Waals surface area contributed by atoms with Crippen molar-refractivity contribution in [1.82, 2.24) is 4.90 Å². The van der Waals surface area contributed by atoms with Gasteiger partial charge < -0.3 is 16.0 Å². The van der Waals surface area contributed by atoms with Crippen LogP contribution in [0.5, 0.6) is 0 Å². The topological polar surface area (TPSA) is 58.4 Å². The number of rotatable bonds is 2.